The van der Waals surface area contributed by atoms with Crippen LogP contribution >= 0.6 is 0 Å². The van der Waals surface area contributed by atoms with Crippen LogP contribution in [0.3, 0.4) is 0 Å². The molecular formula is C19H22FN3O2. The van der Waals surface area contributed by atoms with Gasteiger partial charge in [-0.25, -0.2) is 9.18 Å². The van der Waals surface area contributed by atoms with Gasteiger partial charge in [-0.2, -0.15) is 0 Å². The largest absolute Gasteiger partial charge is 0.326 e. The van der Waals surface area contributed by atoms with Gasteiger partial charge in [0.05, 0.1) is 6.04 Å². The van der Waals surface area contributed by atoms with Gasteiger partial charge < -0.3 is 15.5 Å². The van der Waals surface area contributed by atoms with E-state index in [0.29, 0.717) is 17.9 Å². The van der Waals surface area contributed by atoms with E-state index in [0.717, 1.165) is 5.56 Å². The van der Waals surface area contributed by atoms with Crippen molar-refractivity contribution in [1.82, 2.24) is 4.90 Å². The van der Waals surface area contributed by atoms with Crippen molar-refractivity contribution in [1.29, 1.82) is 0 Å². The molecule has 0 aliphatic rings. The summed E-state index contributed by atoms with van der Waals surface area (Å²) in [4.78, 5) is 25.4. The Morgan fingerprint density at radius 2 is 1.68 bits per heavy atom. The summed E-state index contributed by atoms with van der Waals surface area (Å²) in [7, 11) is 0. The van der Waals surface area contributed by atoms with Gasteiger partial charge in [-0.1, -0.05) is 18.2 Å². The van der Waals surface area contributed by atoms with Crippen molar-refractivity contribution < 1.29 is 14.0 Å². The zero-order valence-electron chi connectivity index (χ0n) is 14.5. The number of hydrogen-bond donors (Lipinski definition) is 2. The summed E-state index contributed by atoms with van der Waals surface area (Å²) in [6, 6.07) is 12.6. The van der Waals surface area contributed by atoms with Crippen molar-refractivity contribution in [2.45, 2.75) is 26.8 Å². The van der Waals surface area contributed by atoms with Crippen LogP contribution in [0.5, 0.6) is 0 Å². The Kier molecular flexibility index (Phi) is 6.11. The molecule has 1 atom stereocenters. The number of rotatable bonds is 5. The van der Waals surface area contributed by atoms with Gasteiger partial charge in [0.1, 0.15) is 5.82 Å². The van der Waals surface area contributed by atoms with Gasteiger partial charge in [0.2, 0.25) is 5.91 Å². The summed E-state index contributed by atoms with van der Waals surface area (Å²) >= 11 is 0. The van der Waals surface area contributed by atoms with E-state index in [1.54, 1.807) is 41.3 Å². The summed E-state index contributed by atoms with van der Waals surface area (Å²) in [6.07, 6.45) is 0. The number of amides is 3. The minimum Gasteiger partial charge on any atom is -0.326 e. The fourth-order valence-electron chi connectivity index (χ4n) is 2.59. The lowest BCUT2D eigenvalue weighted by Gasteiger charge is -2.28. The van der Waals surface area contributed by atoms with E-state index in [1.807, 2.05) is 13.8 Å². The Morgan fingerprint density at radius 1 is 1.08 bits per heavy atom. The maximum absolute atomic E-state index is 13.1. The molecule has 2 rings (SSSR count). The Balaban J connectivity index is 2.11. The van der Waals surface area contributed by atoms with Gasteiger partial charge in [-0.05, 0) is 49.7 Å². The van der Waals surface area contributed by atoms with Crippen molar-refractivity contribution in [3.05, 3.63) is 59.9 Å². The molecule has 25 heavy (non-hydrogen) atoms. The zero-order valence-corrected chi connectivity index (χ0v) is 14.5. The summed E-state index contributed by atoms with van der Waals surface area (Å²) < 4.78 is 13.1. The molecule has 2 aromatic rings. The number of hydrogen-bond acceptors (Lipinski definition) is 2. The van der Waals surface area contributed by atoms with Crippen molar-refractivity contribution in [2.24, 2.45) is 0 Å². The summed E-state index contributed by atoms with van der Waals surface area (Å²) in [5.41, 5.74) is 2.05. The molecule has 0 aromatic heterocycles. The number of halogens is 1. The first-order valence-electron chi connectivity index (χ1n) is 8.11. The Bertz CT molecular complexity index is 747. The number of anilines is 2. The van der Waals surface area contributed by atoms with Gasteiger partial charge in [0.25, 0.3) is 0 Å². The lowest BCUT2D eigenvalue weighted by Crippen LogP contribution is -2.36. The van der Waals surface area contributed by atoms with E-state index >= 15 is 0 Å². The SMILES string of the molecule is CCN(C(=O)Nc1cccc(NC(C)=O)c1)[C@@H](C)c1ccc(F)cc1. The normalized spacial score (nSPS) is 11.5. The molecule has 0 unspecified atom stereocenters. The van der Waals surface area contributed by atoms with Crippen LogP contribution in [0.25, 0.3) is 0 Å². The molecule has 132 valence electrons. The number of nitrogens with zero attached hydrogens (tertiary/aromatic N) is 1. The molecule has 0 aliphatic heterocycles. The zero-order chi connectivity index (χ0) is 18.4. The van der Waals surface area contributed by atoms with E-state index in [9.17, 15) is 14.0 Å². The quantitative estimate of drug-likeness (QED) is 0.845. The number of carbonyl (C=O) groups excluding carboxylic acids is 2. The van der Waals surface area contributed by atoms with Gasteiger partial charge in [0.15, 0.2) is 0 Å². The average molecular weight is 343 g/mol. The molecule has 0 saturated heterocycles. The van der Waals surface area contributed by atoms with Crippen molar-refractivity contribution in [3.8, 4) is 0 Å². The topological polar surface area (TPSA) is 61.4 Å². The second-order valence-electron chi connectivity index (χ2n) is 5.71. The maximum atomic E-state index is 13.1. The van der Waals surface area contributed by atoms with Crippen LogP contribution in [0, 0.1) is 5.82 Å². The standard InChI is InChI=1S/C19H22FN3O2/c1-4-23(13(2)15-8-10-16(20)11-9-15)19(25)22-18-7-5-6-17(12-18)21-14(3)24/h5-13H,4H2,1-3H3,(H,21,24)(H,22,25)/t13-/m0/s1. The highest BCUT2D eigenvalue weighted by Gasteiger charge is 2.20. The molecule has 0 radical (unpaired) electrons. The Hall–Kier alpha value is -2.89. The van der Waals surface area contributed by atoms with Gasteiger partial charge in [0, 0.05) is 24.8 Å². The van der Waals surface area contributed by atoms with Gasteiger partial charge >= 0.3 is 6.03 Å². The average Bonchev–Trinajstić information content (AvgIpc) is 2.55. The highest BCUT2D eigenvalue weighted by Crippen LogP contribution is 2.22. The van der Waals surface area contributed by atoms with E-state index in [1.165, 1.54) is 19.1 Å². The fraction of sp³-hybridized carbons (Fsp3) is 0.263. The molecule has 0 saturated carbocycles. The molecule has 5 nitrogen and oxygen atoms in total. The second kappa shape index (κ2) is 8.28. The van der Waals surface area contributed by atoms with E-state index in [2.05, 4.69) is 10.6 Å². The maximum Gasteiger partial charge on any atom is 0.322 e. The van der Waals surface area contributed by atoms with Crippen molar-refractivity contribution >= 4 is 23.3 Å². The molecule has 3 amide bonds. The molecule has 6 heteroatoms. The summed E-state index contributed by atoms with van der Waals surface area (Å²) in [5, 5.41) is 5.51. The number of urea groups is 1. The van der Waals surface area contributed by atoms with Crippen molar-refractivity contribution in [2.75, 3.05) is 17.2 Å². The predicted octanol–water partition coefficient (Wildman–Crippen LogP) is 4.40. The van der Waals surface area contributed by atoms with Crippen LogP contribution in [0.1, 0.15) is 32.4 Å². The molecule has 0 fully saturated rings. The minimum absolute atomic E-state index is 0.177. The molecule has 2 N–H and O–H groups in total. The molecule has 2 aromatic carbocycles. The highest BCUT2D eigenvalue weighted by atomic mass is 19.1. The van der Waals surface area contributed by atoms with E-state index in [-0.39, 0.29) is 23.8 Å². The highest BCUT2D eigenvalue weighted by molar-refractivity contribution is 5.92. The van der Waals surface area contributed by atoms with Gasteiger partial charge in [-0.15, -0.1) is 0 Å². The lowest BCUT2D eigenvalue weighted by molar-refractivity contribution is -0.114. The van der Waals surface area contributed by atoms with E-state index in [4.69, 9.17) is 0 Å². The Morgan fingerprint density at radius 3 is 2.24 bits per heavy atom. The molecule has 0 bridgehead atoms. The first-order valence-corrected chi connectivity index (χ1v) is 8.11. The summed E-state index contributed by atoms with van der Waals surface area (Å²) in [6.45, 7) is 5.70. The number of nitrogens with one attached hydrogen (secondary N) is 2. The fourth-order valence-corrected chi connectivity index (χ4v) is 2.59. The number of benzene rings is 2. The van der Waals surface area contributed by atoms with Gasteiger partial charge in [-0.3, -0.25) is 4.79 Å². The minimum atomic E-state index is -0.307. The molecular weight excluding hydrogens is 321 g/mol. The van der Waals surface area contributed by atoms with Crippen LogP contribution < -0.4 is 10.6 Å². The number of carbonyl (C=O) groups is 2. The van der Waals surface area contributed by atoms with Crippen LogP contribution in [-0.4, -0.2) is 23.4 Å². The lowest BCUT2D eigenvalue weighted by atomic mass is 10.1. The van der Waals surface area contributed by atoms with Crippen LogP contribution in [0.4, 0.5) is 20.6 Å². The Labute approximate surface area is 146 Å². The first kappa shape index (κ1) is 18.4. The first-order chi connectivity index (χ1) is 11.9. The molecule has 0 spiro atoms. The van der Waals surface area contributed by atoms with Crippen molar-refractivity contribution in [3.63, 3.8) is 0 Å². The predicted molar refractivity (Wildman–Crippen MR) is 97.0 cm³/mol. The van der Waals surface area contributed by atoms with Crippen LogP contribution in [0.2, 0.25) is 0 Å². The summed E-state index contributed by atoms with van der Waals surface area (Å²) in [5.74, 6) is -0.484. The smallest absolute Gasteiger partial charge is 0.322 e. The second-order valence-corrected chi connectivity index (χ2v) is 5.71. The van der Waals surface area contributed by atoms with E-state index < -0.39 is 0 Å². The molecule has 0 heterocycles. The third kappa shape index (κ3) is 5.04. The molecule has 0 aliphatic carbocycles. The third-order valence-corrected chi connectivity index (χ3v) is 3.86. The third-order valence-electron chi connectivity index (χ3n) is 3.86. The van der Waals surface area contributed by atoms with Crippen LogP contribution in [0.15, 0.2) is 48.5 Å². The van der Waals surface area contributed by atoms with Crippen LogP contribution in [-0.2, 0) is 4.79 Å². The monoisotopic (exact) mass is 343 g/mol.